The van der Waals surface area contributed by atoms with Crippen LogP contribution in [0, 0.1) is 5.95 Å². The largest absolute Gasteiger partial charge is 0.378 e. The minimum absolute atomic E-state index is 0.0670. The summed E-state index contributed by atoms with van der Waals surface area (Å²) in [6.07, 6.45) is 2.01. The number of nitrogens with one attached hydrogen (secondary N) is 1. The van der Waals surface area contributed by atoms with Crippen LogP contribution in [0.5, 0.6) is 0 Å². The van der Waals surface area contributed by atoms with E-state index >= 15 is 0 Å². The molecule has 5 nitrogen and oxygen atoms in total. The zero-order valence-corrected chi connectivity index (χ0v) is 10.1. The van der Waals surface area contributed by atoms with Crippen LogP contribution in [-0.2, 0) is 9.47 Å². The van der Waals surface area contributed by atoms with Gasteiger partial charge in [-0.15, -0.1) is 0 Å². The molecule has 1 unspecified atom stereocenters. The molecule has 1 aliphatic heterocycles. The summed E-state index contributed by atoms with van der Waals surface area (Å²) in [6.45, 7) is 1.32. The van der Waals surface area contributed by atoms with Gasteiger partial charge < -0.3 is 14.8 Å². The van der Waals surface area contributed by atoms with Crippen LogP contribution in [-0.4, -0.2) is 43.4 Å². The zero-order valence-electron chi connectivity index (χ0n) is 10.1. The summed E-state index contributed by atoms with van der Waals surface area (Å²) in [6, 6.07) is 2.91. The number of amides is 1. The van der Waals surface area contributed by atoms with Gasteiger partial charge >= 0.3 is 0 Å². The predicted octanol–water partition coefficient (Wildman–Crippen LogP) is 0.756. The molecule has 1 aliphatic rings. The molecule has 2 rings (SSSR count). The fraction of sp³-hybridized carbons (Fsp3) is 0.500. The van der Waals surface area contributed by atoms with Gasteiger partial charge in [-0.05, 0) is 12.1 Å². The van der Waals surface area contributed by atoms with E-state index < -0.39 is 17.5 Å². The molecule has 1 saturated heterocycles. The van der Waals surface area contributed by atoms with Crippen molar-refractivity contribution in [3.8, 4) is 0 Å². The lowest BCUT2D eigenvalue weighted by molar-refractivity contribution is -0.0149. The summed E-state index contributed by atoms with van der Waals surface area (Å²) < 4.78 is 23.9. The van der Waals surface area contributed by atoms with E-state index in [0.717, 1.165) is 0 Å². The average molecular weight is 254 g/mol. The Morgan fingerprint density at radius 2 is 2.56 bits per heavy atom. The highest BCUT2D eigenvalue weighted by Crippen LogP contribution is 2.21. The van der Waals surface area contributed by atoms with Crippen molar-refractivity contribution in [3.63, 3.8) is 0 Å². The maximum absolute atomic E-state index is 13.3. The van der Waals surface area contributed by atoms with Crippen LogP contribution in [0.25, 0.3) is 0 Å². The number of carbonyl (C=O) groups is 1. The van der Waals surface area contributed by atoms with Gasteiger partial charge in [-0.25, -0.2) is 4.98 Å². The number of nitrogens with zero attached hydrogens (tertiary/aromatic N) is 1. The lowest BCUT2D eigenvalue weighted by atomic mass is 10.0. The summed E-state index contributed by atoms with van der Waals surface area (Å²) in [7, 11) is 1.57. The topological polar surface area (TPSA) is 60.5 Å². The molecule has 1 atom stereocenters. The molecule has 0 radical (unpaired) electrons. The molecule has 0 aromatic carbocycles. The van der Waals surface area contributed by atoms with Gasteiger partial charge in [-0.2, -0.15) is 4.39 Å². The van der Waals surface area contributed by atoms with Crippen LogP contribution in [0.3, 0.4) is 0 Å². The Kier molecular flexibility index (Phi) is 3.88. The second kappa shape index (κ2) is 5.41. The van der Waals surface area contributed by atoms with Gasteiger partial charge in [0.15, 0.2) is 0 Å². The van der Waals surface area contributed by atoms with Crippen LogP contribution in [0.1, 0.15) is 16.8 Å². The highest BCUT2D eigenvalue weighted by Gasteiger charge is 2.35. The van der Waals surface area contributed by atoms with Crippen molar-refractivity contribution < 1.29 is 18.7 Å². The van der Waals surface area contributed by atoms with Crippen molar-refractivity contribution in [2.75, 3.05) is 26.9 Å². The third kappa shape index (κ3) is 2.65. The fourth-order valence-electron chi connectivity index (χ4n) is 1.85. The number of halogens is 1. The number of ether oxygens (including phenoxy) is 2. The molecule has 0 spiro atoms. The summed E-state index contributed by atoms with van der Waals surface area (Å²) in [5.74, 6) is -1.27. The van der Waals surface area contributed by atoms with Gasteiger partial charge in [0.1, 0.15) is 5.60 Å². The first-order valence-corrected chi connectivity index (χ1v) is 5.68. The number of aromatic nitrogens is 1. The van der Waals surface area contributed by atoms with Crippen LogP contribution >= 0.6 is 0 Å². The van der Waals surface area contributed by atoms with E-state index in [4.69, 9.17) is 9.47 Å². The first-order chi connectivity index (χ1) is 8.67. The van der Waals surface area contributed by atoms with Gasteiger partial charge in [0.05, 0.1) is 12.2 Å². The SMILES string of the molecule is COC1(CNC(=O)c2cccnc2F)CCOC1. The summed E-state index contributed by atoms with van der Waals surface area (Å²) in [4.78, 5) is 15.2. The highest BCUT2D eigenvalue weighted by molar-refractivity contribution is 5.94. The molecule has 1 amide bonds. The van der Waals surface area contributed by atoms with Crippen molar-refractivity contribution in [1.29, 1.82) is 0 Å². The Morgan fingerprint density at radius 1 is 1.72 bits per heavy atom. The van der Waals surface area contributed by atoms with Crippen molar-refractivity contribution in [3.05, 3.63) is 29.8 Å². The van der Waals surface area contributed by atoms with Crippen molar-refractivity contribution in [1.82, 2.24) is 10.3 Å². The van der Waals surface area contributed by atoms with E-state index in [0.29, 0.717) is 19.6 Å². The van der Waals surface area contributed by atoms with Crippen molar-refractivity contribution in [2.24, 2.45) is 0 Å². The Morgan fingerprint density at radius 3 is 3.17 bits per heavy atom. The van der Waals surface area contributed by atoms with Crippen LogP contribution in [0.2, 0.25) is 0 Å². The molecule has 1 aromatic rings. The van der Waals surface area contributed by atoms with Crippen LogP contribution in [0.4, 0.5) is 4.39 Å². The minimum atomic E-state index is -0.774. The Labute approximate surface area is 104 Å². The third-order valence-electron chi connectivity index (χ3n) is 3.07. The molecule has 1 N–H and O–H groups in total. The molecule has 98 valence electrons. The smallest absolute Gasteiger partial charge is 0.256 e. The molecule has 0 bridgehead atoms. The standard InChI is InChI=1S/C12H15FN2O3/c1-17-12(4-6-18-8-12)7-15-11(16)9-3-2-5-14-10(9)13/h2-3,5H,4,6-8H2,1H3,(H,15,16). The first kappa shape index (κ1) is 12.9. The number of hydrogen-bond acceptors (Lipinski definition) is 4. The van der Waals surface area contributed by atoms with Crippen molar-refractivity contribution >= 4 is 5.91 Å². The number of methoxy groups -OCH3 is 1. The number of pyridine rings is 1. The molecule has 6 heteroatoms. The minimum Gasteiger partial charge on any atom is -0.378 e. The van der Waals surface area contributed by atoms with Crippen LogP contribution < -0.4 is 5.32 Å². The Balaban J connectivity index is 1.98. The molecule has 18 heavy (non-hydrogen) atoms. The molecular formula is C12H15FN2O3. The van der Waals surface area contributed by atoms with Gasteiger partial charge in [0.2, 0.25) is 5.95 Å². The normalized spacial score (nSPS) is 23.0. The van der Waals surface area contributed by atoms with E-state index in [9.17, 15) is 9.18 Å². The van der Waals surface area contributed by atoms with Crippen molar-refractivity contribution in [2.45, 2.75) is 12.0 Å². The summed E-state index contributed by atoms with van der Waals surface area (Å²) in [5.41, 5.74) is -0.573. The van der Waals surface area contributed by atoms with Gasteiger partial charge in [-0.1, -0.05) is 0 Å². The Bertz CT molecular complexity index is 433. The maximum atomic E-state index is 13.3. The maximum Gasteiger partial charge on any atom is 0.256 e. The predicted molar refractivity (Wildman–Crippen MR) is 61.7 cm³/mol. The summed E-state index contributed by atoms with van der Waals surface area (Å²) in [5, 5.41) is 2.65. The molecule has 0 aliphatic carbocycles. The molecule has 1 fully saturated rings. The number of carbonyl (C=O) groups excluding carboxylic acids is 1. The van der Waals surface area contributed by atoms with Gasteiger partial charge in [-0.3, -0.25) is 4.79 Å². The summed E-state index contributed by atoms with van der Waals surface area (Å²) >= 11 is 0. The highest BCUT2D eigenvalue weighted by atomic mass is 19.1. The second-order valence-electron chi connectivity index (χ2n) is 4.21. The fourth-order valence-corrected chi connectivity index (χ4v) is 1.85. The second-order valence-corrected chi connectivity index (χ2v) is 4.21. The van der Waals surface area contributed by atoms with E-state index in [1.54, 1.807) is 7.11 Å². The van der Waals surface area contributed by atoms with E-state index in [-0.39, 0.29) is 12.1 Å². The quantitative estimate of drug-likeness (QED) is 0.806. The Hall–Kier alpha value is -1.53. The lowest BCUT2D eigenvalue weighted by Crippen LogP contribution is -2.45. The average Bonchev–Trinajstić information content (AvgIpc) is 2.86. The molecule has 0 saturated carbocycles. The van der Waals surface area contributed by atoms with Gasteiger partial charge in [0.25, 0.3) is 5.91 Å². The zero-order chi connectivity index (χ0) is 13.0. The van der Waals surface area contributed by atoms with E-state index in [2.05, 4.69) is 10.3 Å². The molecule has 2 heterocycles. The molecular weight excluding hydrogens is 239 g/mol. The lowest BCUT2D eigenvalue weighted by Gasteiger charge is -2.25. The van der Waals surface area contributed by atoms with E-state index in [1.807, 2.05) is 0 Å². The third-order valence-corrected chi connectivity index (χ3v) is 3.07. The molecule has 1 aromatic heterocycles. The van der Waals surface area contributed by atoms with E-state index in [1.165, 1.54) is 18.3 Å². The van der Waals surface area contributed by atoms with Crippen LogP contribution in [0.15, 0.2) is 18.3 Å². The number of hydrogen-bond donors (Lipinski definition) is 1. The number of rotatable bonds is 4. The first-order valence-electron chi connectivity index (χ1n) is 5.68. The van der Waals surface area contributed by atoms with Gasteiger partial charge in [0, 0.05) is 32.9 Å². The monoisotopic (exact) mass is 254 g/mol.